The summed E-state index contributed by atoms with van der Waals surface area (Å²) >= 11 is 0. The molecule has 0 aliphatic carbocycles. The summed E-state index contributed by atoms with van der Waals surface area (Å²) in [5, 5.41) is 3.01. The smallest absolute Gasteiger partial charge is 0.165 e. The lowest BCUT2D eigenvalue weighted by Gasteiger charge is -2.09. The van der Waals surface area contributed by atoms with Gasteiger partial charge in [0.15, 0.2) is 11.6 Å². The number of rotatable bonds is 5. The molecule has 100 valence electrons. The first-order chi connectivity index (χ1) is 9.16. The first kappa shape index (κ1) is 13.3. The molecule has 2 nitrogen and oxygen atoms in total. The molecular formula is C15H15F2NO. The SMILES string of the molecule is Cc1ccc(NCCOc2ccccc2F)cc1F. The van der Waals surface area contributed by atoms with Crippen molar-refractivity contribution in [2.24, 2.45) is 0 Å². The van der Waals surface area contributed by atoms with Crippen LogP contribution in [0.2, 0.25) is 0 Å². The number of anilines is 1. The Kier molecular flexibility index (Phi) is 4.34. The molecule has 0 aliphatic rings. The normalized spacial score (nSPS) is 10.3. The molecule has 1 N–H and O–H groups in total. The lowest BCUT2D eigenvalue weighted by molar-refractivity contribution is 0.315. The van der Waals surface area contributed by atoms with Crippen LogP contribution in [0.4, 0.5) is 14.5 Å². The summed E-state index contributed by atoms with van der Waals surface area (Å²) in [6.07, 6.45) is 0. The zero-order chi connectivity index (χ0) is 13.7. The number of nitrogens with one attached hydrogen (secondary N) is 1. The van der Waals surface area contributed by atoms with E-state index in [0.717, 1.165) is 0 Å². The third-order valence-corrected chi connectivity index (χ3v) is 2.70. The van der Waals surface area contributed by atoms with Crippen molar-refractivity contribution in [2.75, 3.05) is 18.5 Å². The molecule has 19 heavy (non-hydrogen) atoms. The second-order valence-corrected chi connectivity index (χ2v) is 4.17. The van der Waals surface area contributed by atoms with Gasteiger partial charge in [-0.3, -0.25) is 0 Å². The van der Waals surface area contributed by atoms with Gasteiger partial charge in [-0.2, -0.15) is 0 Å². The molecule has 0 bridgehead atoms. The van der Waals surface area contributed by atoms with Crippen LogP contribution in [0.25, 0.3) is 0 Å². The van der Waals surface area contributed by atoms with Crippen LogP contribution in [0, 0.1) is 18.6 Å². The summed E-state index contributed by atoms with van der Waals surface area (Å²) in [4.78, 5) is 0. The Labute approximate surface area is 111 Å². The Morgan fingerprint density at radius 1 is 1.05 bits per heavy atom. The quantitative estimate of drug-likeness (QED) is 0.829. The highest BCUT2D eigenvalue weighted by Crippen LogP contribution is 2.16. The molecule has 0 radical (unpaired) electrons. The molecular weight excluding hydrogens is 248 g/mol. The molecule has 4 heteroatoms. The first-order valence-electron chi connectivity index (χ1n) is 6.04. The zero-order valence-corrected chi connectivity index (χ0v) is 10.6. The van der Waals surface area contributed by atoms with E-state index in [4.69, 9.17) is 4.74 Å². The summed E-state index contributed by atoms with van der Waals surface area (Å²) in [5.74, 6) is -0.414. The number of para-hydroxylation sites is 1. The Hall–Kier alpha value is -2.10. The minimum Gasteiger partial charge on any atom is -0.489 e. The van der Waals surface area contributed by atoms with Crippen molar-refractivity contribution in [3.63, 3.8) is 0 Å². The fraction of sp³-hybridized carbons (Fsp3) is 0.200. The summed E-state index contributed by atoms with van der Waals surface area (Å²) in [7, 11) is 0. The molecule has 2 rings (SSSR count). The number of aryl methyl sites for hydroxylation is 1. The molecule has 0 saturated heterocycles. The highest BCUT2D eigenvalue weighted by atomic mass is 19.1. The zero-order valence-electron chi connectivity index (χ0n) is 10.6. The molecule has 0 atom stereocenters. The maximum atomic E-state index is 13.3. The highest BCUT2D eigenvalue weighted by Gasteiger charge is 2.01. The maximum absolute atomic E-state index is 13.3. The minimum atomic E-state index is -0.385. The Balaban J connectivity index is 1.81. The predicted molar refractivity (Wildman–Crippen MR) is 71.5 cm³/mol. The third-order valence-electron chi connectivity index (χ3n) is 2.70. The summed E-state index contributed by atoms with van der Waals surface area (Å²) in [6.45, 7) is 2.48. The topological polar surface area (TPSA) is 21.3 Å². The van der Waals surface area contributed by atoms with Crippen molar-refractivity contribution >= 4 is 5.69 Å². The number of ether oxygens (including phenoxy) is 1. The Morgan fingerprint density at radius 2 is 1.84 bits per heavy atom. The van der Waals surface area contributed by atoms with E-state index in [1.54, 1.807) is 37.3 Å². The molecule has 0 unspecified atom stereocenters. The van der Waals surface area contributed by atoms with Gasteiger partial charge in [0.25, 0.3) is 0 Å². The number of halogens is 2. The van der Waals surface area contributed by atoms with E-state index in [1.165, 1.54) is 12.1 Å². The molecule has 0 aromatic heterocycles. The maximum Gasteiger partial charge on any atom is 0.165 e. The van der Waals surface area contributed by atoms with Gasteiger partial charge in [0.05, 0.1) is 0 Å². The molecule has 0 saturated carbocycles. The second kappa shape index (κ2) is 6.18. The van der Waals surface area contributed by atoms with Crippen molar-refractivity contribution in [1.29, 1.82) is 0 Å². The van der Waals surface area contributed by atoms with Gasteiger partial charge in [-0.25, -0.2) is 8.78 Å². The first-order valence-corrected chi connectivity index (χ1v) is 6.04. The Morgan fingerprint density at radius 3 is 2.58 bits per heavy atom. The average molecular weight is 263 g/mol. The van der Waals surface area contributed by atoms with Crippen molar-refractivity contribution < 1.29 is 13.5 Å². The van der Waals surface area contributed by atoms with Crippen LogP contribution in [0.15, 0.2) is 42.5 Å². The fourth-order valence-corrected chi connectivity index (χ4v) is 1.62. The second-order valence-electron chi connectivity index (χ2n) is 4.17. The van der Waals surface area contributed by atoms with Gasteiger partial charge in [0.1, 0.15) is 12.4 Å². The average Bonchev–Trinajstić information content (AvgIpc) is 2.40. The molecule has 2 aromatic rings. The van der Waals surface area contributed by atoms with Crippen LogP contribution < -0.4 is 10.1 Å². The number of hydrogen-bond donors (Lipinski definition) is 1. The van der Waals surface area contributed by atoms with E-state index in [-0.39, 0.29) is 17.4 Å². The van der Waals surface area contributed by atoms with E-state index in [0.29, 0.717) is 24.4 Å². The molecule has 0 fully saturated rings. The van der Waals surface area contributed by atoms with Gasteiger partial charge in [-0.15, -0.1) is 0 Å². The summed E-state index contributed by atoms with van der Waals surface area (Å²) in [5.41, 5.74) is 1.29. The predicted octanol–water partition coefficient (Wildman–Crippen LogP) is 3.76. The van der Waals surface area contributed by atoms with Gasteiger partial charge in [-0.1, -0.05) is 18.2 Å². The fourth-order valence-electron chi connectivity index (χ4n) is 1.62. The minimum absolute atomic E-state index is 0.222. The van der Waals surface area contributed by atoms with Gasteiger partial charge >= 0.3 is 0 Å². The monoisotopic (exact) mass is 263 g/mol. The standard InChI is InChI=1S/C15H15F2NO/c1-11-6-7-12(10-14(11)17)18-8-9-19-15-5-3-2-4-13(15)16/h2-7,10,18H,8-9H2,1H3. The van der Waals surface area contributed by atoms with Crippen molar-refractivity contribution in [2.45, 2.75) is 6.92 Å². The van der Waals surface area contributed by atoms with Crippen molar-refractivity contribution in [3.8, 4) is 5.75 Å². The lowest BCUT2D eigenvalue weighted by atomic mass is 10.2. The highest BCUT2D eigenvalue weighted by molar-refractivity contribution is 5.45. The third kappa shape index (κ3) is 3.68. The van der Waals surface area contributed by atoms with Gasteiger partial charge in [0, 0.05) is 12.2 Å². The molecule has 2 aromatic carbocycles. The largest absolute Gasteiger partial charge is 0.489 e. The van der Waals surface area contributed by atoms with E-state index in [1.807, 2.05) is 0 Å². The summed E-state index contributed by atoms with van der Waals surface area (Å²) < 4.78 is 31.8. The van der Waals surface area contributed by atoms with Crippen LogP contribution in [-0.2, 0) is 0 Å². The summed E-state index contributed by atoms with van der Waals surface area (Å²) in [6, 6.07) is 11.2. The van der Waals surface area contributed by atoms with E-state index in [9.17, 15) is 8.78 Å². The number of benzene rings is 2. The van der Waals surface area contributed by atoms with E-state index < -0.39 is 0 Å². The van der Waals surface area contributed by atoms with E-state index >= 15 is 0 Å². The van der Waals surface area contributed by atoms with Crippen molar-refractivity contribution in [1.82, 2.24) is 0 Å². The Bertz CT molecular complexity index is 558. The van der Waals surface area contributed by atoms with Gasteiger partial charge in [-0.05, 0) is 36.8 Å². The van der Waals surface area contributed by atoms with Crippen LogP contribution >= 0.6 is 0 Å². The van der Waals surface area contributed by atoms with Crippen LogP contribution in [0.3, 0.4) is 0 Å². The van der Waals surface area contributed by atoms with Gasteiger partial charge < -0.3 is 10.1 Å². The molecule has 0 heterocycles. The number of hydrogen-bond acceptors (Lipinski definition) is 2. The van der Waals surface area contributed by atoms with Crippen LogP contribution in [-0.4, -0.2) is 13.2 Å². The van der Waals surface area contributed by atoms with Crippen LogP contribution in [0.1, 0.15) is 5.56 Å². The molecule has 0 spiro atoms. The molecule has 0 aliphatic heterocycles. The van der Waals surface area contributed by atoms with Crippen molar-refractivity contribution in [3.05, 3.63) is 59.7 Å². The lowest BCUT2D eigenvalue weighted by Crippen LogP contribution is -2.12. The van der Waals surface area contributed by atoms with E-state index in [2.05, 4.69) is 5.32 Å². The van der Waals surface area contributed by atoms with Crippen LogP contribution in [0.5, 0.6) is 5.75 Å². The molecule has 0 amide bonds. The van der Waals surface area contributed by atoms with Gasteiger partial charge in [0.2, 0.25) is 0 Å².